The second-order valence-electron chi connectivity index (χ2n) is 11.2. The Hall–Kier alpha value is -0.120. The molecule has 2 saturated carbocycles. The summed E-state index contributed by atoms with van der Waals surface area (Å²) >= 11 is 0. The second kappa shape index (κ2) is 14.3. The van der Waals surface area contributed by atoms with E-state index in [-0.39, 0.29) is 0 Å². The van der Waals surface area contributed by atoms with Gasteiger partial charge in [0.1, 0.15) is 0 Å². The Bertz CT molecular complexity index is 443. The van der Waals surface area contributed by atoms with Crippen LogP contribution in [-0.4, -0.2) is 48.7 Å². The lowest BCUT2D eigenvalue weighted by atomic mass is 9.67. The topological polar surface area (TPSA) is 27.3 Å². The Morgan fingerprint density at radius 1 is 0.750 bits per heavy atom. The molecule has 0 aromatic heterocycles. The summed E-state index contributed by atoms with van der Waals surface area (Å²) in [6.07, 6.45) is 17.8. The lowest BCUT2D eigenvalue weighted by Crippen LogP contribution is -2.45. The standard InChI is InChI=1S/C11H21N.2C7H13N.2C2H6/c1-10-9-11(7-8-12-10)5-3-2-4-6-11;1-6-2-3-7-4-5-8(6)7;1-5-7-3-2-6(7)4-8-5;2*1-2/h10,12H,2-9H2,1H3;6-7H,2-5H2,1H3;5-8H,2-4H2,1H3;2*1-2H3. The molecule has 0 aromatic rings. The van der Waals surface area contributed by atoms with E-state index in [0.29, 0.717) is 0 Å². The van der Waals surface area contributed by atoms with Crippen molar-refractivity contribution in [3.05, 3.63) is 0 Å². The molecule has 0 bridgehead atoms. The van der Waals surface area contributed by atoms with E-state index in [1.807, 2.05) is 27.7 Å². The van der Waals surface area contributed by atoms with Crippen LogP contribution in [0.2, 0.25) is 0 Å². The van der Waals surface area contributed by atoms with E-state index in [9.17, 15) is 0 Å². The molecule has 4 aliphatic heterocycles. The number of nitrogens with one attached hydrogen (secondary N) is 2. The van der Waals surface area contributed by atoms with Gasteiger partial charge >= 0.3 is 0 Å². The average Bonchev–Trinajstić information content (AvgIpc) is 3.17. The van der Waals surface area contributed by atoms with Gasteiger partial charge in [-0.1, -0.05) is 47.0 Å². The molecule has 32 heavy (non-hydrogen) atoms. The summed E-state index contributed by atoms with van der Waals surface area (Å²) in [5.41, 5.74) is 0.767. The Kier molecular flexibility index (Phi) is 12.6. The lowest BCUT2D eigenvalue weighted by Gasteiger charge is -2.43. The summed E-state index contributed by atoms with van der Waals surface area (Å²) in [5, 5.41) is 7.04. The summed E-state index contributed by atoms with van der Waals surface area (Å²) < 4.78 is 0. The molecule has 190 valence electrons. The number of nitrogens with zero attached hydrogens (tertiary/aromatic N) is 1. The zero-order valence-electron chi connectivity index (χ0n) is 23.0. The minimum Gasteiger partial charge on any atom is -0.314 e. The van der Waals surface area contributed by atoms with Crippen molar-refractivity contribution in [3.63, 3.8) is 0 Å². The summed E-state index contributed by atoms with van der Waals surface area (Å²) in [7, 11) is 0. The van der Waals surface area contributed by atoms with Crippen LogP contribution in [0.5, 0.6) is 0 Å². The summed E-state index contributed by atoms with van der Waals surface area (Å²) in [6, 6.07) is 3.52. The van der Waals surface area contributed by atoms with Crippen molar-refractivity contribution in [3.8, 4) is 0 Å². The zero-order valence-corrected chi connectivity index (χ0v) is 23.0. The fourth-order valence-corrected chi connectivity index (χ4v) is 7.11. The number of fused-ring (bicyclic) bond motifs is 2. The summed E-state index contributed by atoms with van der Waals surface area (Å²) in [4.78, 5) is 2.62. The quantitative estimate of drug-likeness (QED) is 0.416. The SMILES string of the molecule is CC.CC.CC1CC2(CCCCC2)CCN1.CC1CCC2CCN12.CC1NCC2CCC21. The maximum absolute atomic E-state index is 3.55. The second-order valence-corrected chi connectivity index (χ2v) is 11.2. The molecule has 6 rings (SSSR count). The molecule has 2 N–H and O–H groups in total. The van der Waals surface area contributed by atoms with Crippen LogP contribution in [0.15, 0.2) is 0 Å². The lowest BCUT2D eigenvalue weighted by molar-refractivity contribution is 0.103. The Morgan fingerprint density at radius 2 is 1.47 bits per heavy atom. The van der Waals surface area contributed by atoms with Crippen LogP contribution in [0.1, 0.15) is 126 Å². The molecule has 0 amide bonds. The van der Waals surface area contributed by atoms with E-state index in [1.165, 1.54) is 96.7 Å². The minimum atomic E-state index is 0.767. The van der Waals surface area contributed by atoms with Gasteiger partial charge in [-0.3, -0.25) is 4.90 Å². The number of hydrogen-bond acceptors (Lipinski definition) is 3. The fraction of sp³-hybridized carbons (Fsp3) is 1.00. The molecule has 2 aliphatic carbocycles. The molecular weight excluding hydrogens is 390 g/mol. The number of hydrogen-bond donors (Lipinski definition) is 2. The van der Waals surface area contributed by atoms with E-state index in [1.54, 1.807) is 0 Å². The predicted molar refractivity (Wildman–Crippen MR) is 142 cm³/mol. The zero-order chi connectivity index (χ0) is 23.6. The van der Waals surface area contributed by atoms with Gasteiger partial charge in [0.15, 0.2) is 0 Å². The third-order valence-electron chi connectivity index (χ3n) is 9.30. The van der Waals surface area contributed by atoms with Crippen molar-refractivity contribution >= 4 is 0 Å². The van der Waals surface area contributed by atoms with Gasteiger partial charge < -0.3 is 10.6 Å². The predicted octanol–water partition coefficient (Wildman–Crippen LogP) is 7.01. The van der Waals surface area contributed by atoms with E-state index in [0.717, 1.165) is 41.4 Å². The summed E-state index contributed by atoms with van der Waals surface area (Å²) in [6.45, 7) is 18.9. The van der Waals surface area contributed by atoms with Crippen LogP contribution in [0, 0.1) is 17.3 Å². The van der Waals surface area contributed by atoms with Gasteiger partial charge in [-0.2, -0.15) is 0 Å². The van der Waals surface area contributed by atoms with Crippen molar-refractivity contribution in [2.45, 2.75) is 150 Å². The number of rotatable bonds is 0. The molecule has 6 unspecified atom stereocenters. The number of piperidine rings is 1. The molecule has 3 nitrogen and oxygen atoms in total. The highest BCUT2D eigenvalue weighted by molar-refractivity contribution is 4.95. The van der Waals surface area contributed by atoms with Crippen molar-refractivity contribution in [2.24, 2.45) is 17.3 Å². The molecule has 6 aliphatic rings. The average molecular weight is 450 g/mol. The monoisotopic (exact) mass is 449 g/mol. The van der Waals surface area contributed by atoms with Crippen molar-refractivity contribution < 1.29 is 0 Å². The van der Waals surface area contributed by atoms with Crippen LogP contribution >= 0.6 is 0 Å². The van der Waals surface area contributed by atoms with E-state index < -0.39 is 0 Å². The third kappa shape index (κ3) is 7.44. The Balaban J connectivity index is 0.000000161. The molecular formula is C29H59N3. The molecule has 1 spiro atoms. The van der Waals surface area contributed by atoms with Gasteiger partial charge in [0.25, 0.3) is 0 Å². The third-order valence-corrected chi connectivity index (χ3v) is 9.30. The Morgan fingerprint density at radius 3 is 1.84 bits per heavy atom. The highest BCUT2D eigenvalue weighted by Crippen LogP contribution is 2.44. The van der Waals surface area contributed by atoms with Gasteiger partial charge in [0.05, 0.1) is 0 Å². The normalized spacial score (nSPS) is 38.3. The first kappa shape index (κ1) is 28.1. The minimum absolute atomic E-state index is 0.767. The van der Waals surface area contributed by atoms with Gasteiger partial charge in [-0.25, -0.2) is 0 Å². The van der Waals surface area contributed by atoms with Crippen LogP contribution in [0.4, 0.5) is 0 Å². The van der Waals surface area contributed by atoms with E-state index in [2.05, 4.69) is 36.3 Å². The summed E-state index contributed by atoms with van der Waals surface area (Å²) in [5.74, 6) is 2.11. The molecule has 6 atom stereocenters. The Labute approximate surface area is 202 Å². The first-order chi connectivity index (χ1) is 15.6. The first-order valence-electron chi connectivity index (χ1n) is 14.8. The molecule has 0 radical (unpaired) electrons. The molecule has 6 fully saturated rings. The van der Waals surface area contributed by atoms with Crippen molar-refractivity contribution in [1.29, 1.82) is 0 Å². The van der Waals surface area contributed by atoms with Gasteiger partial charge in [0.2, 0.25) is 0 Å². The van der Waals surface area contributed by atoms with Crippen LogP contribution in [0.25, 0.3) is 0 Å². The fourth-order valence-electron chi connectivity index (χ4n) is 7.11. The van der Waals surface area contributed by atoms with Crippen LogP contribution < -0.4 is 10.6 Å². The van der Waals surface area contributed by atoms with Crippen molar-refractivity contribution in [1.82, 2.24) is 15.5 Å². The molecule has 4 heterocycles. The smallest absolute Gasteiger partial charge is 0.0111 e. The van der Waals surface area contributed by atoms with Gasteiger partial charge in [-0.05, 0) is 109 Å². The maximum Gasteiger partial charge on any atom is 0.0111 e. The van der Waals surface area contributed by atoms with Crippen molar-refractivity contribution in [2.75, 3.05) is 19.6 Å². The van der Waals surface area contributed by atoms with Gasteiger partial charge in [-0.15, -0.1) is 0 Å². The molecule has 0 aromatic carbocycles. The maximum atomic E-state index is 3.55. The van der Waals surface area contributed by atoms with E-state index >= 15 is 0 Å². The van der Waals surface area contributed by atoms with Crippen LogP contribution in [0.3, 0.4) is 0 Å². The largest absolute Gasteiger partial charge is 0.314 e. The highest BCUT2D eigenvalue weighted by Gasteiger charge is 2.39. The van der Waals surface area contributed by atoms with Crippen LogP contribution in [-0.2, 0) is 0 Å². The highest BCUT2D eigenvalue weighted by atomic mass is 15.3. The molecule has 4 saturated heterocycles. The van der Waals surface area contributed by atoms with Gasteiger partial charge in [0, 0.05) is 30.7 Å². The molecule has 3 heteroatoms. The first-order valence-corrected chi connectivity index (χ1v) is 14.8. The van der Waals surface area contributed by atoms with E-state index in [4.69, 9.17) is 0 Å².